The largest absolute Gasteiger partial charge is 0.417 e. The topological polar surface area (TPSA) is 129 Å². The zero-order valence-corrected chi connectivity index (χ0v) is 34.8. The zero-order valence-electron chi connectivity index (χ0n) is 34.8. The molecule has 0 saturated carbocycles. The monoisotopic (exact) mass is 897 g/mol. The quantitative estimate of drug-likeness (QED) is 0.159. The van der Waals surface area contributed by atoms with Crippen LogP contribution in [0.2, 0.25) is 0 Å². The number of para-hydroxylation sites is 2. The molecule has 68 heavy (non-hydrogen) atoms. The Morgan fingerprint density at radius 2 is 0.765 bits per heavy atom. The average Bonchev–Trinajstić information content (AvgIpc) is 3.86. The van der Waals surface area contributed by atoms with Crippen LogP contribution in [0.4, 0.5) is 26.3 Å². The van der Waals surface area contributed by atoms with Gasteiger partial charge >= 0.3 is 12.4 Å². The lowest BCUT2D eigenvalue weighted by Crippen LogP contribution is -2.15. The minimum absolute atomic E-state index is 0.0944. The first-order chi connectivity index (χ1) is 32.8. The standard InChI is InChI=1S/C55H25F6N7/c56-54(57,58)45-8-5-9-46(55(59,60)61)53(45)44-25-52(68-48-11-4-2-7-41(48)43-19-15-34(23-50(43)68)39-17-13-32(27-63)21-36(39)29-65)51(24-37(44)30-66)67-47-10-3-1-6-40(47)42-18-14-33(22-49(42)67)38-16-12-31(26-62)20-35(38)28-64/h1-25H. The number of hydrogen-bond acceptors (Lipinski definition) is 5. The second-order valence-corrected chi connectivity index (χ2v) is 15.9. The van der Waals surface area contributed by atoms with Crippen LogP contribution in [-0.2, 0) is 12.4 Å². The number of hydrogen-bond donors (Lipinski definition) is 0. The summed E-state index contributed by atoms with van der Waals surface area (Å²) in [6.07, 6.45) is -10.6. The predicted molar refractivity (Wildman–Crippen MR) is 245 cm³/mol. The molecule has 0 saturated heterocycles. The van der Waals surface area contributed by atoms with Crippen LogP contribution in [-0.4, -0.2) is 9.13 Å². The van der Waals surface area contributed by atoms with Crippen LogP contribution < -0.4 is 0 Å². The molecule has 0 aliphatic carbocycles. The van der Waals surface area contributed by atoms with Crippen molar-refractivity contribution in [2.75, 3.05) is 0 Å². The maximum atomic E-state index is 15.0. The van der Waals surface area contributed by atoms with Gasteiger partial charge in [0.25, 0.3) is 0 Å². The highest BCUT2D eigenvalue weighted by Crippen LogP contribution is 2.48. The average molecular weight is 898 g/mol. The van der Waals surface area contributed by atoms with Crippen LogP contribution in [0, 0.1) is 56.7 Å². The molecule has 0 atom stereocenters. The Morgan fingerprint density at radius 1 is 0.353 bits per heavy atom. The number of aromatic nitrogens is 2. The number of nitriles is 5. The molecule has 2 heterocycles. The third kappa shape index (κ3) is 6.73. The molecule has 7 nitrogen and oxygen atoms in total. The highest BCUT2D eigenvalue weighted by Gasteiger charge is 2.42. The van der Waals surface area contributed by atoms with Crippen LogP contribution in [0.5, 0.6) is 0 Å². The van der Waals surface area contributed by atoms with E-state index in [1.165, 1.54) is 24.3 Å². The molecule has 0 spiro atoms. The predicted octanol–water partition coefficient (Wildman–Crippen LogP) is 14.3. The van der Waals surface area contributed by atoms with Gasteiger partial charge in [-0.2, -0.15) is 52.7 Å². The van der Waals surface area contributed by atoms with Gasteiger partial charge in [-0.1, -0.05) is 78.9 Å². The number of halogens is 6. The fourth-order valence-corrected chi connectivity index (χ4v) is 9.26. The molecule has 0 bridgehead atoms. The van der Waals surface area contributed by atoms with E-state index in [2.05, 4.69) is 12.1 Å². The van der Waals surface area contributed by atoms with Crippen LogP contribution in [0.1, 0.15) is 38.9 Å². The van der Waals surface area contributed by atoms with Crippen molar-refractivity contribution < 1.29 is 26.3 Å². The first kappa shape index (κ1) is 42.3. The van der Waals surface area contributed by atoms with E-state index in [4.69, 9.17) is 0 Å². The summed E-state index contributed by atoms with van der Waals surface area (Å²) in [7, 11) is 0. The number of alkyl halides is 6. The fraction of sp³-hybridized carbons (Fsp3) is 0.0364. The first-order valence-electron chi connectivity index (χ1n) is 20.6. The molecular formula is C55H25F6N7. The summed E-state index contributed by atoms with van der Waals surface area (Å²) < 4.78 is 93.7. The summed E-state index contributed by atoms with van der Waals surface area (Å²) >= 11 is 0. The summed E-state index contributed by atoms with van der Waals surface area (Å²) in [4.78, 5) is 0. The van der Waals surface area contributed by atoms with E-state index in [9.17, 15) is 26.3 Å². The number of fused-ring (bicyclic) bond motifs is 6. The molecule has 10 aromatic rings. The Morgan fingerprint density at radius 3 is 1.19 bits per heavy atom. The van der Waals surface area contributed by atoms with Gasteiger partial charge in [-0.05, 0) is 95.1 Å². The normalized spacial score (nSPS) is 11.6. The van der Waals surface area contributed by atoms with Crippen LogP contribution >= 0.6 is 0 Å². The smallest absolute Gasteiger partial charge is 0.307 e. The van der Waals surface area contributed by atoms with E-state index in [1.54, 1.807) is 81.9 Å². The Hall–Kier alpha value is -9.61. The van der Waals surface area contributed by atoms with E-state index in [0.29, 0.717) is 78.7 Å². The Kier molecular flexibility index (Phi) is 9.85. The maximum absolute atomic E-state index is 15.0. The van der Waals surface area contributed by atoms with Gasteiger partial charge in [0, 0.05) is 32.7 Å². The highest BCUT2D eigenvalue weighted by molar-refractivity contribution is 6.13. The van der Waals surface area contributed by atoms with Crippen molar-refractivity contribution in [1.29, 1.82) is 26.3 Å². The van der Waals surface area contributed by atoms with Gasteiger partial charge in [0.05, 0.1) is 103 Å². The second-order valence-electron chi connectivity index (χ2n) is 15.9. The van der Waals surface area contributed by atoms with Gasteiger partial charge in [0.15, 0.2) is 0 Å². The molecule has 13 heteroatoms. The minimum atomic E-state index is -5.28. The molecule has 0 radical (unpaired) electrons. The van der Waals surface area contributed by atoms with Crippen molar-refractivity contribution in [3.05, 3.63) is 191 Å². The molecule has 0 unspecified atom stereocenters. The van der Waals surface area contributed by atoms with E-state index in [0.717, 1.165) is 5.39 Å². The molecular weight excluding hydrogens is 873 g/mol. The van der Waals surface area contributed by atoms with Crippen LogP contribution in [0.25, 0.3) is 88.4 Å². The first-order valence-corrected chi connectivity index (χ1v) is 20.6. The van der Waals surface area contributed by atoms with Crippen molar-refractivity contribution in [3.8, 4) is 75.1 Å². The number of benzene rings is 8. The summed E-state index contributed by atoms with van der Waals surface area (Å²) in [6.45, 7) is 0. The van der Waals surface area contributed by atoms with Crippen LogP contribution in [0.15, 0.2) is 152 Å². The van der Waals surface area contributed by atoms with Crippen LogP contribution in [0.3, 0.4) is 0 Å². The fourth-order valence-electron chi connectivity index (χ4n) is 9.26. The SMILES string of the molecule is N#Cc1ccc(-c2ccc3c4ccccc4n(-c4cc(C#N)c(-c5c(C(F)(F)F)cccc5C(F)(F)F)cc4-n4c5ccccc5c5ccc(-c6ccc(C#N)cc6C#N)cc54)c3c2)c(C#N)c1. The van der Waals surface area contributed by atoms with Gasteiger partial charge < -0.3 is 9.13 Å². The van der Waals surface area contributed by atoms with Gasteiger partial charge in [-0.15, -0.1) is 0 Å². The van der Waals surface area contributed by atoms with Crippen molar-refractivity contribution in [1.82, 2.24) is 9.13 Å². The molecule has 8 aromatic carbocycles. The molecule has 2 aromatic heterocycles. The lowest BCUT2D eigenvalue weighted by Gasteiger charge is -2.23. The molecule has 0 fully saturated rings. The van der Waals surface area contributed by atoms with E-state index < -0.39 is 40.2 Å². The van der Waals surface area contributed by atoms with Gasteiger partial charge in [0.2, 0.25) is 0 Å². The molecule has 0 aliphatic rings. The summed E-state index contributed by atoms with van der Waals surface area (Å²) in [5, 5.41) is 53.2. The Labute approximate surface area is 382 Å². The van der Waals surface area contributed by atoms with E-state index in [-0.39, 0.29) is 33.6 Å². The van der Waals surface area contributed by atoms with E-state index in [1.807, 2.05) is 54.6 Å². The highest BCUT2D eigenvalue weighted by atomic mass is 19.4. The minimum Gasteiger partial charge on any atom is -0.307 e. The third-order valence-corrected chi connectivity index (χ3v) is 12.2. The van der Waals surface area contributed by atoms with Gasteiger partial charge in [-0.25, -0.2) is 0 Å². The lowest BCUT2D eigenvalue weighted by molar-refractivity contribution is -0.142. The van der Waals surface area contributed by atoms with Crippen molar-refractivity contribution >= 4 is 43.6 Å². The van der Waals surface area contributed by atoms with Crippen molar-refractivity contribution in [3.63, 3.8) is 0 Å². The maximum Gasteiger partial charge on any atom is 0.417 e. The molecule has 0 amide bonds. The summed E-state index contributed by atoms with van der Waals surface area (Å²) in [6, 6.07) is 49.2. The van der Waals surface area contributed by atoms with Gasteiger partial charge in [0.1, 0.15) is 0 Å². The second kappa shape index (κ2) is 15.8. The Bertz CT molecular complexity index is 3990. The number of nitrogens with zero attached hydrogens (tertiary/aromatic N) is 7. The Balaban J connectivity index is 1.40. The molecule has 0 N–H and O–H groups in total. The third-order valence-electron chi connectivity index (χ3n) is 12.2. The number of rotatable bonds is 5. The van der Waals surface area contributed by atoms with E-state index >= 15 is 26.3 Å². The zero-order chi connectivity index (χ0) is 47.6. The molecule has 322 valence electrons. The van der Waals surface area contributed by atoms with Gasteiger partial charge in [-0.3, -0.25) is 0 Å². The summed E-state index contributed by atoms with van der Waals surface area (Å²) in [5.74, 6) is 0. The molecule has 10 rings (SSSR count). The summed E-state index contributed by atoms with van der Waals surface area (Å²) in [5.41, 5.74) is -0.168. The molecule has 0 aliphatic heterocycles. The van der Waals surface area contributed by atoms with Crippen molar-refractivity contribution in [2.24, 2.45) is 0 Å². The van der Waals surface area contributed by atoms with Crippen molar-refractivity contribution in [2.45, 2.75) is 12.4 Å². The lowest BCUT2D eigenvalue weighted by atomic mass is 9.89.